The Morgan fingerprint density at radius 3 is 2.52 bits per heavy atom. The molecule has 2 N–H and O–H groups in total. The molecule has 0 spiro atoms. The summed E-state index contributed by atoms with van der Waals surface area (Å²) in [5.41, 5.74) is 3.03. The van der Waals surface area contributed by atoms with E-state index in [0.717, 1.165) is 31.4 Å². The Balaban J connectivity index is 1.75. The van der Waals surface area contributed by atoms with E-state index in [-0.39, 0.29) is 5.56 Å². The summed E-state index contributed by atoms with van der Waals surface area (Å²) in [6.07, 6.45) is -1.65. The van der Waals surface area contributed by atoms with E-state index >= 15 is 0 Å². The van der Waals surface area contributed by atoms with Crippen LogP contribution in [0, 0.1) is 0 Å². The van der Waals surface area contributed by atoms with Crippen LogP contribution in [-0.4, -0.2) is 27.0 Å². The lowest BCUT2D eigenvalue weighted by Crippen LogP contribution is -2.33. The van der Waals surface area contributed by atoms with E-state index in [9.17, 15) is 26.4 Å². The SMILES string of the molecule is O=C(Nc1ccc2c(c1)CCC2)c1cccc(S(=O)(=O)NCC(F)(F)F)c1. The van der Waals surface area contributed by atoms with E-state index in [1.54, 1.807) is 6.07 Å². The van der Waals surface area contributed by atoms with Crippen molar-refractivity contribution in [1.82, 2.24) is 4.72 Å². The van der Waals surface area contributed by atoms with Gasteiger partial charge in [-0.15, -0.1) is 0 Å². The fraction of sp³-hybridized carbons (Fsp3) is 0.278. The largest absolute Gasteiger partial charge is 0.402 e. The average molecular weight is 398 g/mol. The zero-order valence-corrected chi connectivity index (χ0v) is 15.0. The number of halogens is 3. The monoisotopic (exact) mass is 398 g/mol. The molecule has 2 aromatic carbocycles. The lowest BCUT2D eigenvalue weighted by molar-refractivity contribution is -0.121. The van der Waals surface area contributed by atoms with Gasteiger partial charge in [0.05, 0.1) is 4.90 Å². The minimum atomic E-state index is -4.67. The number of sulfonamides is 1. The number of anilines is 1. The summed E-state index contributed by atoms with van der Waals surface area (Å²) < 4.78 is 62.2. The molecule has 5 nitrogen and oxygen atoms in total. The quantitative estimate of drug-likeness (QED) is 0.812. The summed E-state index contributed by atoms with van der Waals surface area (Å²) in [5, 5.41) is 2.69. The number of carbonyl (C=O) groups excluding carboxylic acids is 1. The fourth-order valence-electron chi connectivity index (χ4n) is 2.92. The molecule has 0 fully saturated rings. The number of hydrogen-bond donors (Lipinski definition) is 2. The van der Waals surface area contributed by atoms with Crippen LogP contribution in [-0.2, 0) is 22.9 Å². The molecule has 0 aromatic heterocycles. The van der Waals surface area contributed by atoms with Crippen LogP contribution >= 0.6 is 0 Å². The molecule has 9 heteroatoms. The van der Waals surface area contributed by atoms with Gasteiger partial charge in [0.2, 0.25) is 10.0 Å². The van der Waals surface area contributed by atoms with Crippen molar-refractivity contribution in [3.63, 3.8) is 0 Å². The molecule has 0 bridgehead atoms. The number of aryl methyl sites for hydroxylation is 2. The van der Waals surface area contributed by atoms with Gasteiger partial charge in [-0.1, -0.05) is 12.1 Å². The van der Waals surface area contributed by atoms with Crippen LogP contribution in [0.2, 0.25) is 0 Å². The molecule has 0 saturated carbocycles. The Labute approximate surface area is 154 Å². The third-order valence-electron chi connectivity index (χ3n) is 4.23. The van der Waals surface area contributed by atoms with Crippen molar-refractivity contribution in [3.05, 3.63) is 59.2 Å². The molecule has 1 aliphatic carbocycles. The van der Waals surface area contributed by atoms with Gasteiger partial charge in [-0.25, -0.2) is 13.1 Å². The van der Waals surface area contributed by atoms with Crippen molar-refractivity contribution in [2.75, 3.05) is 11.9 Å². The summed E-state index contributed by atoms with van der Waals surface area (Å²) in [6.45, 7) is -1.68. The van der Waals surface area contributed by atoms with Crippen LogP contribution in [0.4, 0.5) is 18.9 Å². The highest BCUT2D eigenvalue weighted by Gasteiger charge is 2.30. The number of carbonyl (C=O) groups is 1. The predicted molar refractivity (Wildman–Crippen MR) is 94.1 cm³/mol. The normalized spacial score (nSPS) is 14.0. The molecule has 0 heterocycles. The van der Waals surface area contributed by atoms with E-state index in [2.05, 4.69) is 5.32 Å². The third kappa shape index (κ3) is 4.86. The topological polar surface area (TPSA) is 75.3 Å². The molecule has 0 saturated heterocycles. The summed E-state index contributed by atoms with van der Waals surface area (Å²) >= 11 is 0. The van der Waals surface area contributed by atoms with Crippen LogP contribution in [0.25, 0.3) is 0 Å². The number of nitrogens with one attached hydrogen (secondary N) is 2. The zero-order chi connectivity index (χ0) is 19.7. The summed E-state index contributed by atoms with van der Waals surface area (Å²) in [6, 6.07) is 10.5. The van der Waals surface area contributed by atoms with Gasteiger partial charge in [-0.3, -0.25) is 4.79 Å². The number of benzene rings is 2. The van der Waals surface area contributed by atoms with Crippen molar-refractivity contribution in [2.24, 2.45) is 0 Å². The molecular formula is C18H17F3N2O3S. The molecule has 1 aliphatic rings. The van der Waals surface area contributed by atoms with Gasteiger partial charge < -0.3 is 5.32 Å². The number of fused-ring (bicyclic) bond motifs is 1. The summed E-state index contributed by atoms with van der Waals surface area (Å²) in [7, 11) is -4.38. The van der Waals surface area contributed by atoms with E-state index in [1.165, 1.54) is 28.0 Å². The second kappa shape index (κ2) is 7.32. The van der Waals surface area contributed by atoms with Crippen LogP contribution in [0.3, 0.4) is 0 Å². The minimum Gasteiger partial charge on any atom is -0.322 e. The van der Waals surface area contributed by atoms with Crippen molar-refractivity contribution in [3.8, 4) is 0 Å². The molecule has 144 valence electrons. The van der Waals surface area contributed by atoms with Crippen LogP contribution in [0.1, 0.15) is 27.9 Å². The van der Waals surface area contributed by atoms with Gasteiger partial charge >= 0.3 is 6.18 Å². The first kappa shape index (κ1) is 19.4. The molecule has 3 rings (SSSR count). The average Bonchev–Trinajstić information content (AvgIpc) is 3.07. The van der Waals surface area contributed by atoms with Crippen LogP contribution in [0.15, 0.2) is 47.4 Å². The van der Waals surface area contributed by atoms with Gasteiger partial charge in [0.1, 0.15) is 6.54 Å². The zero-order valence-electron chi connectivity index (χ0n) is 14.1. The van der Waals surface area contributed by atoms with E-state index in [1.807, 2.05) is 12.1 Å². The highest BCUT2D eigenvalue weighted by molar-refractivity contribution is 7.89. The Hall–Kier alpha value is -2.39. The maximum atomic E-state index is 12.4. The molecule has 0 unspecified atom stereocenters. The Morgan fingerprint density at radius 2 is 1.78 bits per heavy atom. The van der Waals surface area contributed by atoms with E-state index < -0.39 is 33.5 Å². The van der Waals surface area contributed by atoms with Gasteiger partial charge in [0.15, 0.2) is 0 Å². The van der Waals surface area contributed by atoms with Gasteiger partial charge in [0.25, 0.3) is 5.91 Å². The maximum Gasteiger partial charge on any atom is 0.402 e. The molecular weight excluding hydrogens is 381 g/mol. The van der Waals surface area contributed by atoms with Gasteiger partial charge in [-0.05, 0) is 60.7 Å². The standard InChI is InChI=1S/C18H17F3N2O3S/c19-18(20,21)11-22-27(25,26)16-6-2-5-14(10-16)17(24)23-15-8-7-12-3-1-4-13(12)9-15/h2,5-10,22H,1,3-4,11H2,(H,23,24). The second-order valence-electron chi connectivity index (χ2n) is 6.26. The van der Waals surface area contributed by atoms with E-state index in [4.69, 9.17) is 0 Å². The Bertz CT molecular complexity index is 972. The number of rotatable bonds is 5. The second-order valence-corrected chi connectivity index (χ2v) is 8.03. The van der Waals surface area contributed by atoms with Crippen molar-refractivity contribution in [2.45, 2.75) is 30.3 Å². The highest BCUT2D eigenvalue weighted by atomic mass is 32.2. The molecule has 0 radical (unpaired) electrons. The fourth-order valence-corrected chi connectivity index (χ4v) is 3.98. The smallest absolute Gasteiger partial charge is 0.322 e. The van der Waals surface area contributed by atoms with Crippen LogP contribution in [0.5, 0.6) is 0 Å². The van der Waals surface area contributed by atoms with Crippen molar-refractivity contribution in [1.29, 1.82) is 0 Å². The summed E-state index contributed by atoms with van der Waals surface area (Å²) in [5.74, 6) is -0.541. The number of alkyl halides is 3. The molecule has 0 aliphatic heterocycles. The lowest BCUT2D eigenvalue weighted by Gasteiger charge is -2.11. The first-order valence-corrected chi connectivity index (χ1v) is 9.72. The van der Waals surface area contributed by atoms with Crippen molar-refractivity contribution >= 4 is 21.6 Å². The Morgan fingerprint density at radius 1 is 1.04 bits per heavy atom. The first-order valence-electron chi connectivity index (χ1n) is 8.24. The minimum absolute atomic E-state index is 0.0328. The number of hydrogen-bond acceptors (Lipinski definition) is 3. The molecule has 1 amide bonds. The predicted octanol–water partition coefficient (Wildman–Crippen LogP) is 3.27. The molecule has 27 heavy (non-hydrogen) atoms. The third-order valence-corrected chi connectivity index (χ3v) is 5.62. The van der Waals surface area contributed by atoms with E-state index in [0.29, 0.717) is 5.69 Å². The van der Waals surface area contributed by atoms with Gasteiger partial charge in [-0.2, -0.15) is 13.2 Å². The maximum absolute atomic E-state index is 12.4. The number of amides is 1. The Kier molecular flexibility index (Phi) is 5.25. The van der Waals surface area contributed by atoms with Crippen LogP contribution < -0.4 is 10.0 Å². The van der Waals surface area contributed by atoms with Gasteiger partial charge in [0, 0.05) is 11.3 Å². The molecule has 0 atom stereocenters. The molecule has 2 aromatic rings. The lowest BCUT2D eigenvalue weighted by atomic mass is 10.1. The van der Waals surface area contributed by atoms with Crippen molar-refractivity contribution < 1.29 is 26.4 Å². The highest BCUT2D eigenvalue weighted by Crippen LogP contribution is 2.25. The summed E-state index contributed by atoms with van der Waals surface area (Å²) in [4.78, 5) is 12.0. The first-order chi connectivity index (χ1) is 12.6.